The molecule has 0 aliphatic rings. The van der Waals surface area contributed by atoms with Gasteiger partial charge in [0.15, 0.2) is 0 Å². The first kappa shape index (κ1) is 28.4. The second-order valence-corrected chi connectivity index (χ2v) is 13.8. The topological polar surface area (TPSA) is 0 Å². The third-order valence-electron chi connectivity index (χ3n) is 2.65. The number of rotatable bonds is 9. The van der Waals surface area contributed by atoms with Crippen LogP contribution < -0.4 is 35.8 Å². The van der Waals surface area contributed by atoms with Crippen LogP contribution in [0.5, 0.6) is 0 Å². The summed E-state index contributed by atoms with van der Waals surface area (Å²) >= 11 is 0.911. The van der Waals surface area contributed by atoms with Crippen molar-refractivity contribution in [3.63, 3.8) is 0 Å². The van der Waals surface area contributed by atoms with E-state index < -0.39 is 19.8 Å². The van der Waals surface area contributed by atoms with E-state index >= 15 is 0 Å². The van der Waals surface area contributed by atoms with Gasteiger partial charge in [-0.2, -0.15) is 11.8 Å². The molecule has 0 aromatic carbocycles. The molecule has 4 heteroatoms. The predicted molar refractivity (Wildman–Crippen MR) is 84.3 cm³/mol. The van der Waals surface area contributed by atoms with Crippen molar-refractivity contribution in [3.05, 3.63) is 0 Å². The zero-order chi connectivity index (χ0) is 12.6. The van der Waals surface area contributed by atoms with Gasteiger partial charge in [0.25, 0.3) is 0 Å². The summed E-state index contributed by atoms with van der Waals surface area (Å²) in [6.45, 7) is 7.00. The van der Waals surface area contributed by atoms with E-state index in [1.54, 1.807) is 25.1 Å². The van der Waals surface area contributed by atoms with Gasteiger partial charge in [0.2, 0.25) is 0 Å². The molecule has 0 amide bonds. The number of hydrogen-bond donors (Lipinski definition) is 0. The van der Waals surface area contributed by atoms with Crippen molar-refractivity contribution in [2.75, 3.05) is 12.5 Å². The van der Waals surface area contributed by atoms with Crippen LogP contribution in [-0.4, -0.2) is 32.3 Å². The normalized spacial score (nSPS) is 9.00. The maximum absolute atomic E-state index is 2.33. The minimum atomic E-state index is -0.839. The number of unbranched alkanes of at least 4 members (excludes halogenated alkanes) is 3. The van der Waals surface area contributed by atoms with Gasteiger partial charge in [0, 0.05) is 0 Å². The van der Waals surface area contributed by atoms with E-state index in [4.69, 9.17) is 0 Å². The van der Waals surface area contributed by atoms with Gasteiger partial charge >= 0.3 is 111 Å². The van der Waals surface area contributed by atoms with Gasteiger partial charge in [0.05, 0.1) is 0 Å². The summed E-state index contributed by atoms with van der Waals surface area (Å²) < 4.78 is 5.04. The van der Waals surface area contributed by atoms with E-state index in [1.807, 2.05) is 12.5 Å². The van der Waals surface area contributed by atoms with Gasteiger partial charge in [-0.25, -0.2) is 0 Å². The van der Waals surface area contributed by atoms with Crippen molar-refractivity contribution in [2.24, 2.45) is 0 Å². The summed E-state index contributed by atoms with van der Waals surface area (Å²) in [5.74, 6) is 0. The first-order valence-electron chi connectivity index (χ1n) is 7.00. The zero-order valence-corrected chi connectivity index (χ0v) is 18.9. The van der Waals surface area contributed by atoms with Gasteiger partial charge in [-0.1, -0.05) is 0 Å². The van der Waals surface area contributed by atoms with Crippen LogP contribution in [0.1, 0.15) is 59.3 Å². The molecule has 0 fully saturated rings. The summed E-state index contributed by atoms with van der Waals surface area (Å²) in [5.41, 5.74) is 0. The molecule has 0 saturated carbocycles. The van der Waals surface area contributed by atoms with E-state index in [0.29, 0.717) is 0 Å². The van der Waals surface area contributed by atoms with E-state index in [0.717, 1.165) is 0 Å². The summed E-state index contributed by atoms with van der Waals surface area (Å²) in [4.78, 5) is 0. The molecule has 0 saturated heterocycles. The fourth-order valence-corrected chi connectivity index (χ4v) is 11.1. The van der Waals surface area contributed by atoms with Crippen LogP contribution >= 0.6 is 11.8 Å². The standard InChI is InChI=1S/3C4H9.C2H6S.BrH.Li.Sn/c3*1-3-4-2;1-3-2;;;/h3*1,3-4H2,2H3;1-2H3;1H;;/q;;;;;+1;/p-1. The molecule has 0 aliphatic heterocycles. The Bertz CT molecular complexity index is 98.9. The van der Waals surface area contributed by atoms with Gasteiger partial charge in [-0.15, -0.1) is 0 Å². The summed E-state index contributed by atoms with van der Waals surface area (Å²) in [7, 11) is 0. The maximum Gasteiger partial charge on any atom is 1.00 e. The summed E-state index contributed by atoms with van der Waals surface area (Å²) in [6, 6.07) is 0. The monoisotopic (exact) mass is 439 g/mol. The Hall–Kier alpha value is 2.23. The Morgan fingerprint density at radius 3 is 1.11 bits per heavy atom. The number of halogens is 1. The molecule has 0 N–H and O–H groups in total. The van der Waals surface area contributed by atoms with Crippen molar-refractivity contribution in [3.8, 4) is 0 Å². The van der Waals surface area contributed by atoms with E-state index in [-0.39, 0.29) is 35.8 Å². The van der Waals surface area contributed by atoms with Crippen LogP contribution in [0.2, 0.25) is 13.3 Å². The average Bonchev–Trinajstić information content (AvgIpc) is 2.29. The van der Waals surface area contributed by atoms with Crippen molar-refractivity contribution in [1.82, 2.24) is 0 Å². The molecule has 0 aromatic heterocycles. The Kier molecular flexibility index (Phi) is 43.5. The van der Waals surface area contributed by atoms with Crippen molar-refractivity contribution in [2.45, 2.75) is 72.6 Å². The van der Waals surface area contributed by atoms with Crippen molar-refractivity contribution in [1.29, 1.82) is 0 Å². The first-order valence-corrected chi connectivity index (χ1v) is 14.7. The predicted octanol–water partition coefficient (Wildman–Crippen LogP) is -0.131. The SMILES string of the molecule is CCC[CH2][Sn]([CH2]CCC)[CH2]CCC.CSC.[Br-].[Li+]. The Morgan fingerprint density at radius 1 is 0.722 bits per heavy atom. The van der Waals surface area contributed by atoms with Gasteiger partial charge in [-0.3, -0.25) is 0 Å². The largest absolute Gasteiger partial charge is 1.00 e. The Morgan fingerprint density at radius 2 is 0.944 bits per heavy atom. The molecule has 0 unspecified atom stereocenters. The fraction of sp³-hybridized carbons (Fsp3) is 1.00. The molecular formula is C14H33BrLiSSn. The van der Waals surface area contributed by atoms with Crippen LogP contribution in [-0.2, 0) is 0 Å². The summed E-state index contributed by atoms with van der Waals surface area (Å²) in [5, 5.41) is 0. The minimum absolute atomic E-state index is 0. The van der Waals surface area contributed by atoms with Crippen LogP contribution in [0, 0.1) is 0 Å². The van der Waals surface area contributed by atoms with E-state index in [2.05, 4.69) is 20.8 Å². The Balaban J connectivity index is -0.000000177. The molecule has 0 heterocycles. The Labute approximate surface area is 151 Å². The van der Waals surface area contributed by atoms with Crippen molar-refractivity contribution >= 4 is 31.5 Å². The van der Waals surface area contributed by atoms with Gasteiger partial charge in [-0.05, 0) is 12.5 Å². The minimum Gasteiger partial charge on any atom is -1.00 e. The van der Waals surface area contributed by atoms with Crippen LogP contribution in [0.3, 0.4) is 0 Å². The molecule has 18 heavy (non-hydrogen) atoms. The molecule has 0 atom stereocenters. The molecule has 0 aromatic rings. The number of thioether (sulfide) groups is 1. The van der Waals surface area contributed by atoms with Crippen LogP contribution in [0.25, 0.3) is 0 Å². The fourth-order valence-electron chi connectivity index (χ4n) is 1.66. The molecule has 0 bridgehead atoms. The van der Waals surface area contributed by atoms with Crippen LogP contribution in [0.15, 0.2) is 0 Å². The second kappa shape index (κ2) is 27.5. The maximum atomic E-state index is 2.33. The third-order valence-corrected chi connectivity index (χ3v) is 11.7. The van der Waals surface area contributed by atoms with Crippen LogP contribution in [0.4, 0.5) is 0 Å². The molecule has 107 valence electrons. The summed E-state index contributed by atoms with van der Waals surface area (Å²) in [6.07, 6.45) is 12.9. The zero-order valence-electron chi connectivity index (χ0n) is 13.7. The van der Waals surface area contributed by atoms with Gasteiger partial charge < -0.3 is 17.0 Å². The first-order chi connectivity index (χ1) is 7.76. The van der Waals surface area contributed by atoms with Gasteiger partial charge in [0.1, 0.15) is 0 Å². The molecule has 1 radical (unpaired) electrons. The second-order valence-electron chi connectivity index (χ2n) is 4.47. The smallest absolute Gasteiger partial charge is 1.00 e. The molecule has 0 spiro atoms. The van der Waals surface area contributed by atoms with E-state index in [9.17, 15) is 0 Å². The molecular weight excluding hydrogens is 406 g/mol. The molecule has 0 aliphatic carbocycles. The average molecular weight is 439 g/mol. The van der Waals surface area contributed by atoms with E-state index in [1.165, 1.54) is 38.5 Å². The quantitative estimate of drug-likeness (QED) is 0.452. The molecule has 0 nitrogen and oxygen atoms in total. The molecule has 0 rings (SSSR count). The van der Waals surface area contributed by atoms with Crippen molar-refractivity contribution < 1.29 is 35.8 Å². The number of hydrogen-bond acceptors (Lipinski definition) is 1. The third kappa shape index (κ3) is 26.7.